The Morgan fingerprint density at radius 1 is 1.26 bits per heavy atom. The van der Waals surface area contributed by atoms with Crippen LogP contribution in [0.3, 0.4) is 0 Å². The second-order valence-corrected chi connectivity index (χ2v) is 6.52. The fraction of sp³-hybridized carbons (Fsp3) is 0.333. The summed E-state index contributed by atoms with van der Waals surface area (Å²) in [5.41, 5.74) is 3.36. The third-order valence-corrected chi connectivity index (χ3v) is 4.39. The molecule has 4 heterocycles. The second kappa shape index (κ2) is 7.58. The predicted octanol–water partition coefficient (Wildman–Crippen LogP) is 1.16. The largest absolute Gasteiger partial charge is 0.338 e. The van der Waals surface area contributed by atoms with Crippen molar-refractivity contribution >= 4 is 23.3 Å². The van der Waals surface area contributed by atoms with Crippen molar-refractivity contribution in [2.24, 2.45) is 0 Å². The van der Waals surface area contributed by atoms with E-state index in [0.717, 1.165) is 43.1 Å². The van der Waals surface area contributed by atoms with Gasteiger partial charge in [0.2, 0.25) is 5.95 Å². The highest BCUT2D eigenvalue weighted by Crippen LogP contribution is 2.11. The van der Waals surface area contributed by atoms with Crippen LogP contribution in [0, 0.1) is 6.92 Å². The lowest BCUT2D eigenvalue weighted by Crippen LogP contribution is -2.44. The van der Waals surface area contributed by atoms with Gasteiger partial charge >= 0.3 is 6.03 Å². The highest BCUT2D eigenvalue weighted by Gasteiger charge is 2.13. The van der Waals surface area contributed by atoms with Gasteiger partial charge in [-0.25, -0.2) is 19.7 Å². The molecule has 9 heteroatoms. The fourth-order valence-electron chi connectivity index (χ4n) is 2.98. The quantitative estimate of drug-likeness (QED) is 0.641. The molecule has 1 fully saturated rings. The van der Waals surface area contributed by atoms with Crippen LogP contribution >= 0.6 is 0 Å². The van der Waals surface area contributed by atoms with Crippen LogP contribution in [0.25, 0.3) is 5.65 Å². The van der Waals surface area contributed by atoms with Crippen molar-refractivity contribution in [2.75, 3.05) is 36.4 Å². The molecule has 3 aromatic rings. The zero-order valence-corrected chi connectivity index (χ0v) is 15.1. The average Bonchev–Trinajstić information content (AvgIpc) is 3.10. The number of fused-ring (bicyclic) bond motifs is 1. The molecule has 140 valence electrons. The number of aromatic nitrogens is 4. The molecule has 0 saturated carbocycles. The van der Waals surface area contributed by atoms with E-state index >= 15 is 0 Å². The fourth-order valence-corrected chi connectivity index (χ4v) is 2.98. The van der Waals surface area contributed by atoms with Gasteiger partial charge in [0.25, 0.3) is 0 Å². The summed E-state index contributed by atoms with van der Waals surface area (Å²) in [7, 11) is 0. The summed E-state index contributed by atoms with van der Waals surface area (Å²) in [6.45, 7) is 5.97. The number of hydrogen-bond acceptors (Lipinski definition) is 6. The van der Waals surface area contributed by atoms with E-state index in [1.54, 1.807) is 12.4 Å². The first-order chi connectivity index (χ1) is 13.2. The lowest BCUT2D eigenvalue weighted by molar-refractivity contribution is 0.251. The Hall–Kier alpha value is -3.20. The molecule has 27 heavy (non-hydrogen) atoms. The number of nitrogens with zero attached hydrogens (tertiary/aromatic N) is 5. The Bertz CT molecular complexity index is 930. The van der Waals surface area contributed by atoms with E-state index in [-0.39, 0.29) is 6.03 Å². The Kier molecular flexibility index (Phi) is 4.84. The van der Waals surface area contributed by atoms with E-state index in [9.17, 15) is 4.79 Å². The minimum absolute atomic E-state index is 0.318. The summed E-state index contributed by atoms with van der Waals surface area (Å²) < 4.78 is 1.94. The van der Waals surface area contributed by atoms with Gasteiger partial charge in [-0.05, 0) is 24.6 Å². The van der Waals surface area contributed by atoms with Crippen molar-refractivity contribution in [1.82, 2.24) is 30.0 Å². The highest BCUT2D eigenvalue weighted by atomic mass is 16.2. The van der Waals surface area contributed by atoms with Gasteiger partial charge in [0, 0.05) is 38.6 Å². The van der Waals surface area contributed by atoms with E-state index in [0.29, 0.717) is 18.2 Å². The Morgan fingerprint density at radius 3 is 2.81 bits per heavy atom. The van der Waals surface area contributed by atoms with Crippen molar-refractivity contribution in [2.45, 2.75) is 13.5 Å². The van der Waals surface area contributed by atoms with Crippen LogP contribution < -0.4 is 20.9 Å². The minimum Gasteiger partial charge on any atom is -0.338 e. The Balaban J connectivity index is 1.31. The van der Waals surface area contributed by atoms with Gasteiger partial charge < -0.3 is 25.3 Å². The number of imidazole rings is 1. The summed E-state index contributed by atoms with van der Waals surface area (Å²) in [6, 6.07) is 3.70. The molecule has 0 atom stereocenters. The number of piperazine rings is 1. The summed E-state index contributed by atoms with van der Waals surface area (Å²) in [5, 5.41) is 8.84. The predicted molar refractivity (Wildman–Crippen MR) is 103 cm³/mol. The zero-order chi connectivity index (χ0) is 18.6. The summed E-state index contributed by atoms with van der Waals surface area (Å²) >= 11 is 0. The summed E-state index contributed by atoms with van der Waals surface area (Å²) in [5.74, 6) is 0.683. The first-order valence-electron chi connectivity index (χ1n) is 8.94. The lowest BCUT2D eigenvalue weighted by Gasteiger charge is -2.27. The molecule has 4 rings (SSSR count). The van der Waals surface area contributed by atoms with Crippen molar-refractivity contribution in [3.8, 4) is 0 Å². The van der Waals surface area contributed by atoms with Crippen LogP contribution in [0.15, 0.2) is 36.9 Å². The number of carbonyl (C=O) groups is 1. The molecule has 3 aromatic heterocycles. The number of nitrogens with one attached hydrogen (secondary N) is 3. The van der Waals surface area contributed by atoms with Gasteiger partial charge in [0.05, 0.1) is 30.3 Å². The van der Waals surface area contributed by atoms with Gasteiger partial charge in [-0.1, -0.05) is 0 Å². The molecule has 2 amide bonds. The third kappa shape index (κ3) is 4.14. The molecule has 1 saturated heterocycles. The van der Waals surface area contributed by atoms with Gasteiger partial charge in [-0.3, -0.25) is 0 Å². The number of urea groups is 1. The highest BCUT2D eigenvalue weighted by molar-refractivity contribution is 5.88. The lowest BCUT2D eigenvalue weighted by atomic mass is 10.3. The molecule has 0 unspecified atom stereocenters. The van der Waals surface area contributed by atoms with E-state index in [1.165, 1.54) is 0 Å². The van der Waals surface area contributed by atoms with Gasteiger partial charge in [-0.15, -0.1) is 0 Å². The molecule has 0 spiro atoms. The molecule has 0 aromatic carbocycles. The third-order valence-electron chi connectivity index (χ3n) is 4.39. The normalized spacial score (nSPS) is 14.3. The van der Waals surface area contributed by atoms with Gasteiger partial charge in [0.1, 0.15) is 5.65 Å². The molecule has 3 N–H and O–H groups in total. The number of pyridine rings is 1. The van der Waals surface area contributed by atoms with Crippen LogP contribution in [-0.2, 0) is 6.54 Å². The molecule has 0 bridgehead atoms. The van der Waals surface area contributed by atoms with Crippen molar-refractivity contribution in [3.63, 3.8) is 0 Å². The molecule has 1 aliphatic heterocycles. The number of hydrogen-bond donors (Lipinski definition) is 3. The zero-order valence-electron chi connectivity index (χ0n) is 15.1. The summed E-state index contributed by atoms with van der Waals surface area (Å²) in [6.07, 6.45) is 7.11. The Labute approximate surface area is 156 Å². The van der Waals surface area contributed by atoms with E-state index in [1.807, 2.05) is 35.9 Å². The van der Waals surface area contributed by atoms with E-state index in [4.69, 9.17) is 0 Å². The average molecular weight is 366 g/mol. The maximum atomic E-state index is 12.1. The number of aryl methyl sites for hydroxylation is 1. The van der Waals surface area contributed by atoms with Gasteiger partial charge in [-0.2, -0.15) is 0 Å². The summed E-state index contributed by atoms with van der Waals surface area (Å²) in [4.78, 5) is 27.4. The standard InChI is InChI=1S/C18H22N8O/c1-13-2-5-26-12-15(23-16(26)8-13)11-22-18(27)24-14-9-20-17(21-10-14)25-6-3-19-4-7-25/h2,5,8-10,12,19H,3-4,6-7,11H2,1H3,(H2,22,24,27). The SMILES string of the molecule is Cc1ccn2cc(CNC(=O)Nc3cnc(N4CCNCC4)nc3)nc2c1. The molecule has 9 nitrogen and oxygen atoms in total. The molecule has 0 aliphatic carbocycles. The number of anilines is 2. The van der Waals surface area contributed by atoms with Crippen LogP contribution in [0.1, 0.15) is 11.3 Å². The minimum atomic E-state index is -0.318. The second-order valence-electron chi connectivity index (χ2n) is 6.52. The van der Waals surface area contributed by atoms with Crippen molar-refractivity contribution in [1.29, 1.82) is 0 Å². The molecular formula is C18H22N8O. The van der Waals surface area contributed by atoms with Crippen molar-refractivity contribution in [3.05, 3.63) is 48.2 Å². The molecule has 0 radical (unpaired) electrons. The number of amides is 2. The first kappa shape index (κ1) is 17.2. The molecular weight excluding hydrogens is 344 g/mol. The van der Waals surface area contributed by atoms with Crippen LogP contribution in [0.2, 0.25) is 0 Å². The van der Waals surface area contributed by atoms with Crippen molar-refractivity contribution < 1.29 is 4.79 Å². The topological polar surface area (TPSA) is 99.5 Å². The smallest absolute Gasteiger partial charge is 0.319 e. The van der Waals surface area contributed by atoms with E-state index in [2.05, 4.69) is 35.8 Å². The first-order valence-corrected chi connectivity index (χ1v) is 8.94. The Morgan fingerprint density at radius 2 is 2.04 bits per heavy atom. The molecule has 1 aliphatic rings. The van der Waals surface area contributed by atoms with Gasteiger partial charge in [0.15, 0.2) is 0 Å². The maximum Gasteiger partial charge on any atom is 0.319 e. The number of carbonyl (C=O) groups excluding carboxylic acids is 1. The van der Waals surface area contributed by atoms with Crippen LogP contribution in [0.5, 0.6) is 0 Å². The number of rotatable bonds is 4. The van der Waals surface area contributed by atoms with Crippen LogP contribution in [0.4, 0.5) is 16.4 Å². The maximum absolute atomic E-state index is 12.1. The van der Waals surface area contributed by atoms with Crippen LogP contribution in [-0.4, -0.2) is 51.6 Å². The van der Waals surface area contributed by atoms with E-state index < -0.39 is 0 Å². The monoisotopic (exact) mass is 366 g/mol.